The van der Waals surface area contributed by atoms with Crippen LogP contribution in [0.4, 0.5) is 4.79 Å². The highest BCUT2D eigenvalue weighted by atomic mass is 16.5. The number of methoxy groups -OCH3 is 1. The lowest BCUT2D eigenvalue weighted by Gasteiger charge is -2.20. The molecule has 0 radical (unpaired) electrons. The normalized spacial score (nSPS) is 19.4. The van der Waals surface area contributed by atoms with E-state index in [9.17, 15) is 4.79 Å². The first-order chi connectivity index (χ1) is 9.69. The molecule has 0 aromatic heterocycles. The molecule has 1 aliphatic rings. The third kappa shape index (κ3) is 4.13. The number of urea groups is 1. The average Bonchev–Trinajstić information content (AvgIpc) is 3.00. The van der Waals surface area contributed by atoms with Crippen molar-refractivity contribution in [2.75, 3.05) is 13.7 Å². The molecule has 1 aliphatic heterocycles. The van der Waals surface area contributed by atoms with Crippen LogP contribution in [0.25, 0.3) is 0 Å². The summed E-state index contributed by atoms with van der Waals surface area (Å²) in [5, 5.41) is 5.76. The van der Waals surface area contributed by atoms with Gasteiger partial charge in [0.15, 0.2) is 0 Å². The van der Waals surface area contributed by atoms with Gasteiger partial charge in [0.1, 0.15) is 5.75 Å². The highest BCUT2D eigenvalue weighted by Crippen LogP contribution is 2.15. The van der Waals surface area contributed by atoms with Crippen LogP contribution in [0.15, 0.2) is 24.3 Å². The number of hydrogen-bond acceptors (Lipinski definition) is 3. The predicted octanol–water partition coefficient (Wildman–Crippen LogP) is 2.06. The number of ether oxygens (including phenoxy) is 2. The molecule has 1 heterocycles. The second-order valence-electron chi connectivity index (χ2n) is 5.02. The predicted molar refractivity (Wildman–Crippen MR) is 76.8 cm³/mol. The fraction of sp³-hybridized carbons (Fsp3) is 0.533. The Labute approximate surface area is 119 Å². The van der Waals surface area contributed by atoms with Gasteiger partial charge < -0.3 is 20.1 Å². The van der Waals surface area contributed by atoms with Gasteiger partial charge in [-0.3, -0.25) is 0 Å². The summed E-state index contributed by atoms with van der Waals surface area (Å²) in [7, 11) is 1.63. The van der Waals surface area contributed by atoms with Gasteiger partial charge in [-0.05, 0) is 37.5 Å². The minimum atomic E-state index is -0.163. The van der Waals surface area contributed by atoms with E-state index in [-0.39, 0.29) is 18.2 Å². The molecule has 2 atom stereocenters. The molecule has 0 saturated carbocycles. The summed E-state index contributed by atoms with van der Waals surface area (Å²) in [5.74, 6) is 0.810. The molecule has 1 fully saturated rings. The van der Waals surface area contributed by atoms with E-state index < -0.39 is 0 Å². The summed E-state index contributed by atoms with van der Waals surface area (Å²) >= 11 is 0. The molecular weight excluding hydrogens is 256 g/mol. The van der Waals surface area contributed by atoms with Crippen molar-refractivity contribution in [3.63, 3.8) is 0 Å². The molecule has 0 bridgehead atoms. The van der Waals surface area contributed by atoms with Crippen molar-refractivity contribution in [1.29, 1.82) is 0 Å². The van der Waals surface area contributed by atoms with Crippen LogP contribution < -0.4 is 15.4 Å². The van der Waals surface area contributed by atoms with E-state index in [1.807, 2.05) is 31.2 Å². The maximum absolute atomic E-state index is 11.8. The van der Waals surface area contributed by atoms with Gasteiger partial charge in [-0.25, -0.2) is 4.79 Å². The van der Waals surface area contributed by atoms with Crippen molar-refractivity contribution in [3.8, 4) is 5.75 Å². The van der Waals surface area contributed by atoms with Crippen LogP contribution in [0.1, 0.15) is 25.3 Å². The molecule has 5 nitrogen and oxygen atoms in total. The fourth-order valence-electron chi connectivity index (χ4n) is 2.27. The zero-order valence-electron chi connectivity index (χ0n) is 12.0. The van der Waals surface area contributed by atoms with E-state index in [0.717, 1.165) is 30.8 Å². The zero-order chi connectivity index (χ0) is 14.4. The SMILES string of the molecule is COc1ccc(CNC(=O)N[C@@H](C)[C@@H]2CCCO2)cc1. The summed E-state index contributed by atoms with van der Waals surface area (Å²) in [6.45, 7) is 3.27. The Bertz CT molecular complexity index is 427. The van der Waals surface area contributed by atoms with Crippen molar-refractivity contribution < 1.29 is 14.3 Å². The molecular formula is C15H22N2O3. The average molecular weight is 278 g/mol. The third-order valence-electron chi connectivity index (χ3n) is 3.49. The highest BCUT2D eigenvalue weighted by Gasteiger charge is 2.23. The van der Waals surface area contributed by atoms with Crippen LogP contribution in [0.5, 0.6) is 5.75 Å². The summed E-state index contributed by atoms with van der Waals surface area (Å²) < 4.78 is 10.6. The van der Waals surface area contributed by atoms with Crippen molar-refractivity contribution in [3.05, 3.63) is 29.8 Å². The van der Waals surface area contributed by atoms with E-state index in [1.54, 1.807) is 7.11 Å². The number of amides is 2. The van der Waals surface area contributed by atoms with Crippen LogP contribution in [0.2, 0.25) is 0 Å². The van der Waals surface area contributed by atoms with Gasteiger partial charge in [0.2, 0.25) is 0 Å². The third-order valence-corrected chi connectivity index (χ3v) is 3.49. The molecule has 5 heteroatoms. The molecule has 1 aromatic carbocycles. The van der Waals surface area contributed by atoms with Crippen LogP contribution in [0, 0.1) is 0 Å². The first-order valence-electron chi connectivity index (χ1n) is 6.98. The Morgan fingerprint density at radius 1 is 1.45 bits per heavy atom. The molecule has 0 unspecified atom stereocenters. The van der Waals surface area contributed by atoms with Crippen LogP contribution in [-0.4, -0.2) is 31.9 Å². The van der Waals surface area contributed by atoms with Crippen LogP contribution in [0.3, 0.4) is 0 Å². The number of hydrogen-bond donors (Lipinski definition) is 2. The first kappa shape index (κ1) is 14.7. The molecule has 0 aliphatic carbocycles. The summed E-state index contributed by atoms with van der Waals surface area (Å²) in [6.07, 6.45) is 2.23. The molecule has 20 heavy (non-hydrogen) atoms. The Morgan fingerprint density at radius 3 is 2.80 bits per heavy atom. The number of carbonyl (C=O) groups is 1. The van der Waals surface area contributed by atoms with Crippen LogP contribution >= 0.6 is 0 Å². The van der Waals surface area contributed by atoms with E-state index in [1.165, 1.54) is 0 Å². The monoisotopic (exact) mass is 278 g/mol. The molecule has 2 rings (SSSR count). The highest BCUT2D eigenvalue weighted by molar-refractivity contribution is 5.74. The van der Waals surface area contributed by atoms with Crippen LogP contribution in [-0.2, 0) is 11.3 Å². The maximum atomic E-state index is 11.8. The number of nitrogens with one attached hydrogen (secondary N) is 2. The maximum Gasteiger partial charge on any atom is 0.315 e. The van der Waals surface area contributed by atoms with Gasteiger partial charge in [-0.2, -0.15) is 0 Å². The summed E-state index contributed by atoms with van der Waals surface area (Å²) in [4.78, 5) is 11.8. The lowest BCUT2D eigenvalue weighted by molar-refractivity contribution is 0.0860. The Kier molecular flexibility index (Phi) is 5.24. The van der Waals surface area contributed by atoms with Gasteiger partial charge in [0, 0.05) is 13.2 Å². The van der Waals surface area contributed by atoms with Gasteiger partial charge in [-0.1, -0.05) is 12.1 Å². The van der Waals surface area contributed by atoms with Crippen molar-refractivity contribution in [1.82, 2.24) is 10.6 Å². The van der Waals surface area contributed by atoms with Gasteiger partial charge in [0.25, 0.3) is 0 Å². The smallest absolute Gasteiger partial charge is 0.315 e. The quantitative estimate of drug-likeness (QED) is 0.866. The fourth-order valence-corrected chi connectivity index (χ4v) is 2.27. The molecule has 0 spiro atoms. The van der Waals surface area contributed by atoms with Crippen molar-refractivity contribution >= 4 is 6.03 Å². The second-order valence-corrected chi connectivity index (χ2v) is 5.02. The number of rotatable bonds is 5. The van der Waals surface area contributed by atoms with E-state index in [0.29, 0.717) is 6.54 Å². The Balaban J connectivity index is 1.73. The zero-order valence-corrected chi connectivity index (χ0v) is 12.0. The van der Waals surface area contributed by atoms with E-state index in [4.69, 9.17) is 9.47 Å². The van der Waals surface area contributed by atoms with Crippen molar-refractivity contribution in [2.45, 2.75) is 38.5 Å². The summed E-state index contributed by atoms with van der Waals surface area (Å²) in [5.41, 5.74) is 1.03. The first-order valence-corrected chi connectivity index (χ1v) is 6.98. The topological polar surface area (TPSA) is 59.6 Å². The molecule has 110 valence electrons. The van der Waals surface area contributed by atoms with Gasteiger partial charge in [0.05, 0.1) is 19.3 Å². The van der Waals surface area contributed by atoms with Gasteiger partial charge in [-0.15, -0.1) is 0 Å². The largest absolute Gasteiger partial charge is 0.497 e. The van der Waals surface area contributed by atoms with E-state index >= 15 is 0 Å². The molecule has 1 saturated heterocycles. The lowest BCUT2D eigenvalue weighted by Crippen LogP contribution is -2.45. The number of benzene rings is 1. The second kappa shape index (κ2) is 7.14. The number of carbonyl (C=O) groups excluding carboxylic acids is 1. The Hall–Kier alpha value is -1.75. The Morgan fingerprint density at radius 2 is 2.20 bits per heavy atom. The molecule has 1 aromatic rings. The van der Waals surface area contributed by atoms with E-state index in [2.05, 4.69) is 10.6 Å². The molecule has 2 amide bonds. The van der Waals surface area contributed by atoms with Gasteiger partial charge >= 0.3 is 6.03 Å². The van der Waals surface area contributed by atoms with Crippen molar-refractivity contribution in [2.24, 2.45) is 0 Å². The standard InChI is InChI=1S/C15H22N2O3/c1-11(14-4-3-9-20-14)17-15(18)16-10-12-5-7-13(19-2)8-6-12/h5-8,11,14H,3-4,9-10H2,1-2H3,(H2,16,17,18)/t11-,14-/m0/s1. The minimum Gasteiger partial charge on any atom is -0.497 e. The minimum absolute atomic E-state index is 0.0355. The lowest BCUT2D eigenvalue weighted by atomic mass is 10.1. The summed E-state index contributed by atoms with van der Waals surface area (Å²) in [6, 6.07) is 7.50. The molecule has 2 N–H and O–H groups in total.